The van der Waals surface area contributed by atoms with Crippen LogP contribution in [-0.2, 0) is 18.6 Å². The number of nitrogens with one attached hydrogen (secondary N) is 1. The summed E-state index contributed by atoms with van der Waals surface area (Å²) >= 11 is 6.17. The first-order valence-corrected chi connectivity index (χ1v) is 12.9. The Morgan fingerprint density at radius 2 is 1.79 bits per heavy atom. The quantitative estimate of drug-likeness (QED) is 0.280. The number of aromatic amines is 1. The summed E-state index contributed by atoms with van der Waals surface area (Å²) in [6, 6.07) is 17.0. The van der Waals surface area contributed by atoms with E-state index in [0.717, 1.165) is 33.4 Å². The molecule has 5 rings (SSSR count). The van der Waals surface area contributed by atoms with Crippen molar-refractivity contribution < 1.29 is 4.42 Å². The SMILES string of the molecule is Cc1ccc(C)c2[nH]c(=O)c(C(c3nnnn3C(C)(C)C)N(Cc3ccc(Cl)cc3)Cc3ccco3)cc12. The average molecular weight is 531 g/mol. The predicted molar refractivity (Wildman–Crippen MR) is 148 cm³/mol. The van der Waals surface area contributed by atoms with Crippen LogP contribution in [-0.4, -0.2) is 30.1 Å². The van der Waals surface area contributed by atoms with E-state index in [1.165, 1.54) is 0 Å². The molecule has 3 heterocycles. The third-order valence-electron chi connectivity index (χ3n) is 6.74. The Labute approximate surface area is 226 Å². The van der Waals surface area contributed by atoms with Crippen molar-refractivity contribution in [2.45, 2.75) is 59.3 Å². The van der Waals surface area contributed by atoms with E-state index >= 15 is 0 Å². The van der Waals surface area contributed by atoms with Crippen LogP contribution in [0.3, 0.4) is 0 Å². The van der Waals surface area contributed by atoms with Crippen LogP contribution in [0.15, 0.2) is 70.1 Å². The van der Waals surface area contributed by atoms with Gasteiger partial charge in [0, 0.05) is 22.5 Å². The summed E-state index contributed by atoms with van der Waals surface area (Å²) in [5.41, 5.74) is 3.93. The molecular formula is C29H31ClN6O2. The van der Waals surface area contributed by atoms with E-state index in [2.05, 4.69) is 31.5 Å². The van der Waals surface area contributed by atoms with Crippen molar-refractivity contribution in [1.29, 1.82) is 0 Å². The van der Waals surface area contributed by atoms with Gasteiger partial charge in [0.05, 0.1) is 23.9 Å². The van der Waals surface area contributed by atoms with Gasteiger partial charge in [-0.3, -0.25) is 9.69 Å². The van der Waals surface area contributed by atoms with E-state index in [1.807, 2.05) is 83.1 Å². The van der Waals surface area contributed by atoms with Crippen LogP contribution in [0.1, 0.15) is 60.7 Å². The summed E-state index contributed by atoms with van der Waals surface area (Å²) in [5.74, 6) is 1.34. The van der Waals surface area contributed by atoms with Crippen molar-refractivity contribution in [3.05, 3.63) is 110 Å². The first-order valence-electron chi connectivity index (χ1n) is 12.5. The summed E-state index contributed by atoms with van der Waals surface area (Å²) in [5, 5.41) is 14.5. The lowest BCUT2D eigenvalue weighted by Crippen LogP contribution is -2.37. The van der Waals surface area contributed by atoms with Gasteiger partial charge >= 0.3 is 0 Å². The van der Waals surface area contributed by atoms with Crippen molar-refractivity contribution >= 4 is 22.5 Å². The lowest BCUT2D eigenvalue weighted by Gasteiger charge is -2.32. The predicted octanol–water partition coefficient (Wildman–Crippen LogP) is 5.92. The fraction of sp³-hybridized carbons (Fsp3) is 0.310. The zero-order valence-electron chi connectivity index (χ0n) is 22.2. The monoisotopic (exact) mass is 530 g/mol. The van der Waals surface area contributed by atoms with Crippen LogP contribution in [0.5, 0.6) is 0 Å². The molecule has 0 amide bonds. The molecule has 0 aliphatic carbocycles. The van der Waals surface area contributed by atoms with Gasteiger partial charge in [-0.1, -0.05) is 35.9 Å². The smallest absolute Gasteiger partial charge is 0.253 e. The Kier molecular flexibility index (Phi) is 6.94. The summed E-state index contributed by atoms with van der Waals surface area (Å²) in [7, 11) is 0. The maximum Gasteiger partial charge on any atom is 0.253 e. The number of aryl methyl sites for hydroxylation is 2. The molecule has 196 valence electrons. The molecule has 9 heteroatoms. The second kappa shape index (κ2) is 10.2. The molecule has 0 aliphatic heterocycles. The molecule has 1 unspecified atom stereocenters. The maximum absolute atomic E-state index is 13.8. The molecule has 0 aliphatic rings. The van der Waals surface area contributed by atoms with Gasteiger partial charge in [0.1, 0.15) is 11.8 Å². The average Bonchev–Trinajstić information content (AvgIpc) is 3.56. The highest BCUT2D eigenvalue weighted by Gasteiger charge is 2.34. The third kappa shape index (κ3) is 5.14. The van der Waals surface area contributed by atoms with Gasteiger partial charge in [-0.25, -0.2) is 4.68 Å². The Morgan fingerprint density at radius 3 is 2.47 bits per heavy atom. The molecule has 0 spiro atoms. The minimum absolute atomic E-state index is 0.180. The number of H-pyrrole nitrogens is 1. The van der Waals surface area contributed by atoms with Crippen molar-refractivity contribution in [1.82, 2.24) is 30.1 Å². The van der Waals surface area contributed by atoms with E-state index < -0.39 is 11.6 Å². The number of benzene rings is 2. The Hall–Kier alpha value is -3.75. The van der Waals surface area contributed by atoms with Crippen molar-refractivity contribution in [3.63, 3.8) is 0 Å². The van der Waals surface area contributed by atoms with Crippen molar-refractivity contribution in [2.24, 2.45) is 0 Å². The van der Waals surface area contributed by atoms with Crippen LogP contribution in [0.4, 0.5) is 0 Å². The summed E-state index contributed by atoms with van der Waals surface area (Å²) < 4.78 is 7.54. The van der Waals surface area contributed by atoms with Gasteiger partial charge in [-0.15, -0.1) is 5.10 Å². The van der Waals surface area contributed by atoms with Crippen LogP contribution >= 0.6 is 11.6 Å². The van der Waals surface area contributed by atoms with Gasteiger partial charge in [0.15, 0.2) is 5.82 Å². The molecule has 3 aromatic heterocycles. The largest absolute Gasteiger partial charge is 0.468 e. The molecule has 2 aromatic carbocycles. The molecule has 1 atom stereocenters. The number of halogens is 1. The summed E-state index contributed by atoms with van der Waals surface area (Å²) in [6.45, 7) is 11.1. The Morgan fingerprint density at radius 1 is 1.05 bits per heavy atom. The van der Waals surface area contributed by atoms with E-state index in [1.54, 1.807) is 10.9 Å². The molecule has 1 N–H and O–H groups in total. The van der Waals surface area contributed by atoms with Gasteiger partial charge in [0.2, 0.25) is 0 Å². The minimum atomic E-state index is -0.571. The molecule has 5 aromatic rings. The van der Waals surface area contributed by atoms with E-state index in [9.17, 15) is 4.79 Å². The normalized spacial score (nSPS) is 12.9. The summed E-state index contributed by atoms with van der Waals surface area (Å²) in [4.78, 5) is 19.1. The third-order valence-corrected chi connectivity index (χ3v) is 7.00. The molecule has 0 saturated heterocycles. The lowest BCUT2D eigenvalue weighted by atomic mass is 9.98. The first kappa shape index (κ1) is 25.9. The number of furan rings is 1. The number of hydrogen-bond donors (Lipinski definition) is 1. The van der Waals surface area contributed by atoms with Gasteiger partial charge < -0.3 is 9.40 Å². The molecule has 0 radical (unpaired) electrons. The van der Waals surface area contributed by atoms with Gasteiger partial charge in [0.25, 0.3) is 5.56 Å². The van der Waals surface area contributed by atoms with Gasteiger partial charge in [-0.2, -0.15) is 0 Å². The molecule has 0 saturated carbocycles. The van der Waals surface area contributed by atoms with Crippen LogP contribution in [0.25, 0.3) is 10.9 Å². The topological polar surface area (TPSA) is 92.8 Å². The summed E-state index contributed by atoms with van der Waals surface area (Å²) in [6.07, 6.45) is 1.65. The van der Waals surface area contributed by atoms with Crippen LogP contribution < -0.4 is 5.56 Å². The number of pyridine rings is 1. The maximum atomic E-state index is 13.8. The highest BCUT2D eigenvalue weighted by molar-refractivity contribution is 6.30. The van der Waals surface area contributed by atoms with E-state index in [0.29, 0.717) is 29.5 Å². The molecular weight excluding hydrogens is 500 g/mol. The van der Waals surface area contributed by atoms with Crippen molar-refractivity contribution in [2.75, 3.05) is 0 Å². The number of fused-ring (bicyclic) bond motifs is 1. The Balaban J connectivity index is 1.75. The molecule has 0 bridgehead atoms. The minimum Gasteiger partial charge on any atom is -0.468 e. The molecule has 8 nitrogen and oxygen atoms in total. The molecule has 38 heavy (non-hydrogen) atoms. The number of tetrazole rings is 1. The molecule has 0 fully saturated rings. The zero-order valence-corrected chi connectivity index (χ0v) is 23.0. The zero-order chi connectivity index (χ0) is 27.0. The fourth-order valence-corrected chi connectivity index (χ4v) is 4.93. The first-order chi connectivity index (χ1) is 18.1. The number of rotatable bonds is 7. The Bertz CT molecular complexity index is 1610. The number of nitrogens with zero attached hydrogens (tertiary/aromatic N) is 5. The van der Waals surface area contributed by atoms with E-state index in [-0.39, 0.29) is 5.56 Å². The standard InChI is InChI=1S/C29H31ClN6O2/c1-18-8-9-19(2)25-23(18)15-24(28(37)31-25)26(27-32-33-34-36(27)29(3,4)5)35(17-22-7-6-14-38-22)16-20-10-12-21(30)13-11-20/h6-15,26H,16-17H2,1-5H3,(H,31,37). The van der Waals surface area contributed by atoms with E-state index in [4.69, 9.17) is 16.0 Å². The van der Waals surface area contributed by atoms with Crippen LogP contribution in [0, 0.1) is 13.8 Å². The highest BCUT2D eigenvalue weighted by atomic mass is 35.5. The van der Waals surface area contributed by atoms with Gasteiger partial charge in [-0.05, 0) is 92.1 Å². The van der Waals surface area contributed by atoms with Crippen LogP contribution in [0.2, 0.25) is 5.02 Å². The second-order valence-electron chi connectivity index (χ2n) is 10.7. The second-order valence-corrected chi connectivity index (χ2v) is 11.1. The van der Waals surface area contributed by atoms with Crippen molar-refractivity contribution in [3.8, 4) is 0 Å². The highest BCUT2D eigenvalue weighted by Crippen LogP contribution is 2.33. The number of hydrogen-bond acceptors (Lipinski definition) is 6. The lowest BCUT2D eigenvalue weighted by molar-refractivity contribution is 0.171. The number of aromatic nitrogens is 5. The fourth-order valence-electron chi connectivity index (χ4n) is 4.80.